The van der Waals surface area contributed by atoms with Gasteiger partial charge in [-0.1, -0.05) is 64.7 Å². The van der Waals surface area contributed by atoms with Crippen LogP contribution < -0.4 is 5.19 Å². The summed E-state index contributed by atoms with van der Waals surface area (Å²) in [6, 6.07) is 4.44. The Morgan fingerprint density at radius 3 is 1.44 bits per heavy atom. The normalized spacial score (nSPS) is 11.8. The quantitative estimate of drug-likeness (QED) is 0.817. The number of hydrogen-bond donors (Lipinski definition) is 1. The van der Waals surface area contributed by atoms with E-state index < -0.39 is 8.07 Å². The van der Waals surface area contributed by atoms with Gasteiger partial charge in [-0.2, -0.15) is 0 Å². The van der Waals surface area contributed by atoms with E-state index in [4.69, 9.17) is 0 Å². The van der Waals surface area contributed by atoms with Crippen LogP contribution in [-0.4, -0.2) is 32.0 Å². The number of phenols is 1. The minimum absolute atomic E-state index is 0. The Morgan fingerprint density at radius 1 is 0.889 bits per heavy atom. The number of rotatable bonds is 3. The molecule has 0 saturated heterocycles. The average Bonchev–Trinajstić information content (AvgIpc) is 2.14. The largest absolute Gasteiger partial charge is 0.507 e. The second-order valence-electron chi connectivity index (χ2n) is 6.56. The van der Waals surface area contributed by atoms with Crippen molar-refractivity contribution in [1.29, 1.82) is 0 Å². The van der Waals surface area contributed by atoms with E-state index in [0.717, 1.165) is 11.1 Å². The smallest absolute Gasteiger partial charge is 0.122 e. The Kier molecular flexibility index (Phi) is 6.27. The molecule has 0 spiro atoms. The first-order chi connectivity index (χ1) is 7.64. The van der Waals surface area contributed by atoms with Gasteiger partial charge in [-0.15, -0.1) is 0 Å². The first kappa shape index (κ1) is 17.8. The van der Waals surface area contributed by atoms with E-state index in [2.05, 4.69) is 59.5 Å². The van der Waals surface area contributed by atoms with Gasteiger partial charge in [0.05, 0.1) is 8.07 Å². The van der Waals surface area contributed by atoms with Crippen LogP contribution in [0.4, 0.5) is 0 Å². The van der Waals surface area contributed by atoms with Crippen molar-refractivity contribution in [3.63, 3.8) is 0 Å². The van der Waals surface area contributed by atoms with Gasteiger partial charge in [-0.05, 0) is 23.0 Å². The molecule has 1 aromatic carbocycles. The third-order valence-corrected chi connectivity index (χ3v) is 5.30. The minimum Gasteiger partial charge on any atom is -0.507 e. The van der Waals surface area contributed by atoms with E-state index in [1.54, 1.807) is 0 Å². The third-order valence-electron chi connectivity index (χ3n) is 3.28. The number of aromatic hydroxyl groups is 1. The molecule has 1 radical (unpaired) electrons. The van der Waals surface area contributed by atoms with E-state index in [1.807, 2.05) is 0 Å². The van der Waals surface area contributed by atoms with Crippen molar-refractivity contribution in [3.8, 4) is 5.75 Å². The predicted octanol–water partition coefficient (Wildman–Crippen LogP) is 3.80. The van der Waals surface area contributed by atoms with Crippen molar-refractivity contribution in [3.05, 3.63) is 23.3 Å². The van der Waals surface area contributed by atoms with Crippen LogP contribution in [-0.2, 0) is 0 Å². The number of phenolic OH excluding ortho intramolecular Hbond substituents is 1. The first-order valence-corrected chi connectivity index (χ1v) is 10.0. The molecule has 18 heavy (non-hydrogen) atoms. The van der Waals surface area contributed by atoms with Gasteiger partial charge in [0.1, 0.15) is 5.75 Å². The van der Waals surface area contributed by atoms with Crippen molar-refractivity contribution >= 4 is 32.1 Å². The minimum atomic E-state index is -1.32. The predicted molar refractivity (Wildman–Crippen MR) is 85.0 cm³/mol. The van der Waals surface area contributed by atoms with Crippen molar-refractivity contribution in [2.45, 2.75) is 59.2 Å². The van der Waals surface area contributed by atoms with Gasteiger partial charge in [0.2, 0.25) is 0 Å². The van der Waals surface area contributed by atoms with Gasteiger partial charge in [0, 0.05) is 18.9 Å². The van der Waals surface area contributed by atoms with E-state index in [9.17, 15) is 5.11 Å². The molecule has 97 valence electrons. The van der Waals surface area contributed by atoms with Crippen LogP contribution in [0.5, 0.6) is 5.75 Å². The molecule has 0 bridgehead atoms. The Bertz CT molecular complexity index is 376. The molecule has 0 aliphatic heterocycles. The van der Waals surface area contributed by atoms with Crippen molar-refractivity contribution in [2.75, 3.05) is 0 Å². The summed E-state index contributed by atoms with van der Waals surface area (Å²) >= 11 is 0. The summed E-state index contributed by atoms with van der Waals surface area (Å²) in [6.07, 6.45) is 0. The molecule has 0 unspecified atom stereocenters. The zero-order valence-electron chi connectivity index (χ0n) is 13.3. The number of hydrogen-bond acceptors (Lipinski definition) is 1. The second-order valence-corrected chi connectivity index (χ2v) is 11.6. The molecular formula is C15H26LiOSi. The van der Waals surface area contributed by atoms with Crippen LogP contribution in [0.25, 0.3) is 0 Å². The van der Waals surface area contributed by atoms with Crippen LogP contribution in [0.1, 0.15) is 50.7 Å². The first-order valence-electron chi connectivity index (χ1n) is 6.52. The molecule has 0 aliphatic carbocycles. The topological polar surface area (TPSA) is 20.2 Å². The van der Waals surface area contributed by atoms with E-state index in [1.165, 1.54) is 5.19 Å². The Balaban J connectivity index is 0.00000289. The maximum atomic E-state index is 10.3. The Hall–Kier alpha value is -0.166. The van der Waals surface area contributed by atoms with Gasteiger partial charge in [-0.3, -0.25) is 0 Å². The molecule has 0 heterocycles. The van der Waals surface area contributed by atoms with E-state index >= 15 is 0 Å². The molecule has 0 aromatic heterocycles. The molecule has 0 saturated carbocycles. The molecule has 1 rings (SSSR count). The van der Waals surface area contributed by atoms with Crippen LogP contribution in [0.2, 0.25) is 19.6 Å². The summed E-state index contributed by atoms with van der Waals surface area (Å²) in [5, 5.41) is 11.8. The van der Waals surface area contributed by atoms with E-state index in [0.29, 0.717) is 17.6 Å². The van der Waals surface area contributed by atoms with Crippen LogP contribution >= 0.6 is 0 Å². The standard InChI is InChI=1S/C15H26OSi.Li/c1-10(2)13-8-12(17(5,6)7)9-14(11(3)4)15(13)16;/h8-11,16H,1-7H3;. The SMILES string of the molecule is CC(C)c1cc([Si](C)(C)C)cc(C(C)C)c1O.[Li]. The summed E-state index contributed by atoms with van der Waals surface area (Å²) in [5.74, 6) is 1.27. The average molecular weight is 257 g/mol. The Morgan fingerprint density at radius 2 is 1.22 bits per heavy atom. The molecule has 1 N–H and O–H groups in total. The molecule has 0 fully saturated rings. The maximum absolute atomic E-state index is 10.3. The molecule has 1 nitrogen and oxygen atoms in total. The van der Waals surface area contributed by atoms with Gasteiger partial charge < -0.3 is 5.11 Å². The van der Waals surface area contributed by atoms with Crippen molar-refractivity contribution in [2.24, 2.45) is 0 Å². The van der Waals surface area contributed by atoms with Gasteiger partial charge in [0.25, 0.3) is 0 Å². The zero-order chi connectivity index (χ0) is 13.4. The fraction of sp³-hybridized carbons (Fsp3) is 0.600. The van der Waals surface area contributed by atoms with Crippen LogP contribution in [0.15, 0.2) is 12.1 Å². The summed E-state index contributed by atoms with van der Waals surface area (Å²) in [5.41, 5.74) is 2.21. The van der Waals surface area contributed by atoms with Gasteiger partial charge >= 0.3 is 0 Å². The van der Waals surface area contributed by atoms with Gasteiger partial charge in [-0.25, -0.2) is 0 Å². The molecule has 0 aliphatic rings. The van der Waals surface area contributed by atoms with Crippen molar-refractivity contribution in [1.82, 2.24) is 0 Å². The molecule has 1 aromatic rings. The molecule has 0 atom stereocenters. The fourth-order valence-corrected chi connectivity index (χ4v) is 3.17. The summed E-state index contributed by atoms with van der Waals surface area (Å²) < 4.78 is 0. The van der Waals surface area contributed by atoms with Crippen LogP contribution in [0, 0.1) is 0 Å². The number of benzene rings is 1. The molecular weight excluding hydrogens is 231 g/mol. The monoisotopic (exact) mass is 257 g/mol. The second kappa shape index (κ2) is 6.32. The van der Waals surface area contributed by atoms with Crippen molar-refractivity contribution < 1.29 is 5.11 Å². The fourth-order valence-electron chi connectivity index (χ4n) is 1.99. The Labute approximate surface area is 125 Å². The third kappa shape index (κ3) is 3.91. The van der Waals surface area contributed by atoms with Crippen LogP contribution in [0.3, 0.4) is 0 Å². The summed E-state index contributed by atoms with van der Waals surface area (Å²) in [4.78, 5) is 0. The zero-order valence-corrected chi connectivity index (χ0v) is 14.3. The van der Waals surface area contributed by atoms with E-state index in [-0.39, 0.29) is 18.9 Å². The summed E-state index contributed by atoms with van der Waals surface area (Å²) in [6.45, 7) is 15.6. The molecule has 0 amide bonds. The summed E-state index contributed by atoms with van der Waals surface area (Å²) in [7, 11) is -1.32. The van der Waals surface area contributed by atoms with Gasteiger partial charge in [0.15, 0.2) is 0 Å². The maximum Gasteiger partial charge on any atom is 0.122 e. The molecule has 3 heteroatoms.